The van der Waals surface area contributed by atoms with E-state index in [-0.39, 0.29) is 0 Å². The molecule has 0 N–H and O–H groups in total. The van der Waals surface area contributed by atoms with E-state index in [2.05, 4.69) is 10.9 Å². The molecule has 1 rings (SSSR count). The average molecular weight is 175 g/mol. The smallest absolute Gasteiger partial charge is 0.340 e. The fourth-order valence-electron chi connectivity index (χ4n) is 0.746. The van der Waals surface area contributed by atoms with Crippen LogP contribution >= 0.6 is 0 Å². The summed E-state index contributed by atoms with van der Waals surface area (Å²) in [6.45, 7) is 1.63. The van der Waals surface area contributed by atoms with Gasteiger partial charge in [-0.3, -0.25) is 4.98 Å². The molecule has 3 nitrogen and oxygen atoms in total. The Morgan fingerprint density at radius 3 is 3.08 bits per heavy atom. The molecule has 3 heteroatoms. The van der Waals surface area contributed by atoms with E-state index >= 15 is 0 Å². The predicted molar refractivity (Wildman–Crippen MR) is 47.9 cm³/mol. The van der Waals surface area contributed by atoms with Crippen LogP contribution in [0.15, 0.2) is 24.5 Å². The number of carbonyl (C=O) groups excluding carboxylic acids is 1. The second kappa shape index (κ2) is 4.27. The maximum Gasteiger partial charge on any atom is 0.340 e. The third kappa shape index (κ3) is 2.60. The molecule has 0 aliphatic heterocycles. The monoisotopic (exact) mass is 175 g/mol. The molecule has 1 aromatic rings. The standard InChI is InChI=1S/C10H9NO2/c1-3-8(2)13-10(12)9-5-4-6-11-7-9/h1,4-8H,2H3. The van der Waals surface area contributed by atoms with Crippen molar-refractivity contribution in [1.82, 2.24) is 4.98 Å². The van der Waals surface area contributed by atoms with Crippen LogP contribution in [0.3, 0.4) is 0 Å². The summed E-state index contributed by atoms with van der Waals surface area (Å²) in [5.41, 5.74) is 0.407. The van der Waals surface area contributed by atoms with E-state index in [1.807, 2.05) is 0 Å². The molecule has 1 heterocycles. The summed E-state index contributed by atoms with van der Waals surface area (Å²) in [5.74, 6) is 1.86. The van der Waals surface area contributed by atoms with Gasteiger partial charge in [-0.05, 0) is 19.1 Å². The molecule has 0 aliphatic rings. The van der Waals surface area contributed by atoms with E-state index in [1.165, 1.54) is 6.20 Å². The number of terminal acetylenes is 1. The lowest BCUT2D eigenvalue weighted by atomic mass is 10.3. The van der Waals surface area contributed by atoms with Gasteiger partial charge in [0.2, 0.25) is 0 Å². The van der Waals surface area contributed by atoms with Crippen molar-refractivity contribution in [3.8, 4) is 12.3 Å². The molecular weight excluding hydrogens is 166 g/mol. The number of rotatable bonds is 2. The SMILES string of the molecule is C#CC(C)OC(=O)c1cccnc1. The maximum atomic E-state index is 11.3. The van der Waals surface area contributed by atoms with Gasteiger partial charge < -0.3 is 4.74 Å². The van der Waals surface area contributed by atoms with Crippen molar-refractivity contribution in [1.29, 1.82) is 0 Å². The lowest BCUT2D eigenvalue weighted by Crippen LogP contribution is -2.13. The highest BCUT2D eigenvalue weighted by Crippen LogP contribution is 2.01. The van der Waals surface area contributed by atoms with Gasteiger partial charge in [0.05, 0.1) is 5.56 Å². The van der Waals surface area contributed by atoms with Crippen molar-refractivity contribution in [2.75, 3.05) is 0 Å². The zero-order valence-electron chi connectivity index (χ0n) is 7.23. The molecular formula is C10H9NO2. The van der Waals surface area contributed by atoms with Crippen LogP contribution in [0, 0.1) is 12.3 Å². The Hall–Kier alpha value is -1.82. The van der Waals surface area contributed by atoms with Crippen LogP contribution in [-0.4, -0.2) is 17.1 Å². The van der Waals surface area contributed by atoms with Crippen molar-refractivity contribution in [3.05, 3.63) is 30.1 Å². The van der Waals surface area contributed by atoms with Crippen molar-refractivity contribution in [2.24, 2.45) is 0 Å². The number of esters is 1. The molecule has 0 saturated carbocycles. The summed E-state index contributed by atoms with van der Waals surface area (Å²) in [4.78, 5) is 15.0. The Morgan fingerprint density at radius 2 is 2.54 bits per heavy atom. The van der Waals surface area contributed by atoms with E-state index in [4.69, 9.17) is 11.2 Å². The Labute approximate surface area is 76.8 Å². The van der Waals surface area contributed by atoms with Gasteiger partial charge in [0, 0.05) is 12.4 Å². The first-order valence-electron chi connectivity index (χ1n) is 3.81. The molecule has 0 bridgehead atoms. The zero-order valence-corrected chi connectivity index (χ0v) is 7.23. The lowest BCUT2D eigenvalue weighted by molar-refractivity contribution is 0.0438. The average Bonchev–Trinajstić information content (AvgIpc) is 2.19. The minimum atomic E-state index is -0.507. The van der Waals surface area contributed by atoms with Crippen LogP contribution in [0.4, 0.5) is 0 Å². The van der Waals surface area contributed by atoms with Crippen LogP contribution in [0.5, 0.6) is 0 Å². The van der Waals surface area contributed by atoms with E-state index in [0.717, 1.165) is 0 Å². The number of aromatic nitrogens is 1. The Bertz CT molecular complexity index is 327. The highest BCUT2D eigenvalue weighted by molar-refractivity contribution is 5.89. The summed E-state index contributed by atoms with van der Waals surface area (Å²) in [6.07, 6.45) is 7.57. The number of hydrogen-bond donors (Lipinski definition) is 0. The summed E-state index contributed by atoms with van der Waals surface area (Å²) < 4.78 is 4.87. The van der Waals surface area contributed by atoms with Gasteiger partial charge in [0.1, 0.15) is 0 Å². The Balaban J connectivity index is 2.66. The quantitative estimate of drug-likeness (QED) is 0.501. The fourth-order valence-corrected chi connectivity index (χ4v) is 0.746. The fraction of sp³-hybridized carbons (Fsp3) is 0.200. The summed E-state index contributed by atoms with van der Waals surface area (Å²) in [6, 6.07) is 3.29. The predicted octanol–water partition coefficient (Wildman–Crippen LogP) is 1.26. The molecule has 13 heavy (non-hydrogen) atoms. The highest BCUT2D eigenvalue weighted by atomic mass is 16.5. The molecule has 0 radical (unpaired) electrons. The molecule has 1 unspecified atom stereocenters. The van der Waals surface area contributed by atoms with Gasteiger partial charge in [0.15, 0.2) is 6.10 Å². The van der Waals surface area contributed by atoms with Crippen LogP contribution in [0.1, 0.15) is 17.3 Å². The third-order valence-corrected chi connectivity index (χ3v) is 1.42. The second-order valence-corrected chi connectivity index (χ2v) is 2.46. The van der Waals surface area contributed by atoms with Gasteiger partial charge in [0.25, 0.3) is 0 Å². The zero-order chi connectivity index (χ0) is 9.68. The van der Waals surface area contributed by atoms with Gasteiger partial charge >= 0.3 is 5.97 Å². The number of hydrogen-bond acceptors (Lipinski definition) is 3. The van der Waals surface area contributed by atoms with E-state index in [1.54, 1.807) is 25.3 Å². The maximum absolute atomic E-state index is 11.3. The summed E-state index contributed by atoms with van der Waals surface area (Å²) in [5, 5.41) is 0. The molecule has 0 aromatic carbocycles. The van der Waals surface area contributed by atoms with E-state index < -0.39 is 12.1 Å². The van der Waals surface area contributed by atoms with Crippen LogP contribution < -0.4 is 0 Å². The highest BCUT2D eigenvalue weighted by Gasteiger charge is 2.08. The number of pyridine rings is 1. The van der Waals surface area contributed by atoms with Gasteiger partial charge in [-0.15, -0.1) is 6.42 Å². The van der Waals surface area contributed by atoms with Gasteiger partial charge in [-0.25, -0.2) is 4.79 Å². The van der Waals surface area contributed by atoms with Crippen LogP contribution in [0.2, 0.25) is 0 Å². The van der Waals surface area contributed by atoms with Gasteiger partial charge in [-0.2, -0.15) is 0 Å². The summed E-state index contributed by atoms with van der Waals surface area (Å²) >= 11 is 0. The number of ether oxygens (including phenoxy) is 1. The molecule has 66 valence electrons. The molecule has 0 aliphatic carbocycles. The molecule has 1 aromatic heterocycles. The van der Waals surface area contributed by atoms with E-state index in [0.29, 0.717) is 5.56 Å². The van der Waals surface area contributed by atoms with Crippen molar-refractivity contribution < 1.29 is 9.53 Å². The first-order valence-corrected chi connectivity index (χ1v) is 3.81. The van der Waals surface area contributed by atoms with Crippen molar-refractivity contribution in [2.45, 2.75) is 13.0 Å². The summed E-state index contributed by atoms with van der Waals surface area (Å²) in [7, 11) is 0. The number of nitrogens with zero attached hydrogens (tertiary/aromatic N) is 1. The lowest BCUT2D eigenvalue weighted by Gasteiger charge is -2.05. The third-order valence-electron chi connectivity index (χ3n) is 1.42. The molecule has 0 spiro atoms. The molecule has 0 amide bonds. The van der Waals surface area contributed by atoms with Crippen LogP contribution in [-0.2, 0) is 4.74 Å². The Morgan fingerprint density at radius 1 is 1.77 bits per heavy atom. The van der Waals surface area contributed by atoms with Crippen molar-refractivity contribution in [3.63, 3.8) is 0 Å². The topological polar surface area (TPSA) is 39.2 Å². The van der Waals surface area contributed by atoms with E-state index in [9.17, 15) is 4.79 Å². The molecule has 0 saturated heterocycles. The largest absolute Gasteiger partial charge is 0.446 e. The minimum absolute atomic E-state index is 0.407. The van der Waals surface area contributed by atoms with Gasteiger partial charge in [-0.1, -0.05) is 5.92 Å². The second-order valence-electron chi connectivity index (χ2n) is 2.46. The minimum Gasteiger partial charge on any atom is -0.446 e. The van der Waals surface area contributed by atoms with Crippen LogP contribution in [0.25, 0.3) is 0 Å². The molecule has 1 atom stereocenters. The Kier molecular flexibility index (Phi) is 3.04. The first kappa shape index (κ1) is 9.27. The first-order chi connectivity index (χ1) is 6.24. The number of carbonyl (C=O) groups is 1. The normalized spacial score (nSPS) is 11.4. The molecule has 0 fully saturated rings. The van der Waals surface area contributed by atoms with Crippen molar-refractivity contribution >= 4 is 5.97 Å².